The second kappa shape index (κ2) is 6.92. The maximum Gasteiger partial charge on any atom is 0.244 e. The van der Waals surface area contributed by atoms with Crippen LogP contribution in [0.1, 0.15) is 25.8 Å². The number of likely N-dealkylation sites (tertiary alicyclic amines) is 1. The van der Waals surface area contributed by atoms with Crippen LogP contribution in [0, 0.1) is 0 Å². The van der Waals surface area contributed by atoms with Crippen LogP contribution in [0.25, 0.3) is 17.0 Å². The van der Waals surface area contributed by atoms with Crippen LogP contribution >= 0.6 is 0 Å². The van der Waals surface area contributed by atoms with Gasteiger partial charge in [0.1, 0.15) is 0 Å². The predicted octanol–water partition coefficient (Wildman–Crippen LogP) is 2.85. The molecule has 2 aromatic rings. The number of hydrogen-bond donors (Lipinski definition) is 1. The van der Waals surface area contributed by atoms with Gasteiger partial charge in [0.25, 0.3) is 0 Å². The number of carbonyl (C=O) groups excluding carboxylic acids is 1. The number of amides is 1. The maximum atomic E-state index is 12.1. The van der Waals surface area contributed by atoms with Gasteiger partial charge >= 0.3 is 0 Å². The third kappa shape index (κ3) is 3.77. The summed E-state index contributed by atoms with van der Waals surface area (Å²) in [4.78, 5) is 18.9. The fourth-order valence-electron chi connectivity index (χ4n) is 3.05. The molecule has 1 aromatic carbocycles. The molecule has 0 bridgehead atoms. The number of aromatic nitrogens is 1. The highest BCUT2D eigenvalue weighted by molar-refractivity contribution is 5.95. The van der Waals surface area contributed by atoms with Crippen LogP contribution in [-0.4, -0.2) is 41.0 Å². The van der Waals surface area contributed by atoms with Gasteiger partial charge in [-0.2, -0.15) is 0 Å². The summed E-state index contributed by atoms with van der Waals surface area (Å²) in [6.07, 6.45) is 6.26. The maximum absolute atomic E-state index is 12.1. The van der Waals surface area contributed by atoms with Crippen molar-refractivity contribution in [1.82, 2.24) is 15.2 Å². The Morgan fingerprint density at radius 1 is 1.35 bits per heavy atom. The first-order chi connectivity index (χ1) is 11.1. The zero-order valence-corrected chi connectivity index (χ0v) is 13.7. The summed E-state index contributed by atoms with van der Waals surface area (Å²) >= 11 is 0. The molecule has 0 radical (unpaired) electrons. The second-order valence-electron chi connectivity index (χ2n) is 6.34. The van der Waals surface area contributed by atoms with E-state index in [4.69, 9.17) is 0 Å². The number of hydrogen-bond acceptors (Lipinski definition) is 3. The lowest BCUT2D eigenvalue weighted by molar-refractivity contribution is -0.117. The van der Waals surface area contributed by atoms with Crippen molar-refractivity contribution in [3.8, 4) is 0 Å². The Hall–Kier alpha value is -2.20. The largest absolute Gasteiger partial charge is 0.348 e. The number of carbonyl (C=O) groups is 1. The molecule has 120 valence electrons. The van der Waals surface area contributed by atoms with Crippen molar-refractivity contribution in [3.63, 3.8) is 0 Å². The number of pyridine rings is 1. The van der Waals surface area contributed by atoms with Crippen LogP contribution in [0.15, 0.2) is 42.6 Å². The van der Waals surface area contributed by atoms with Crippen molar-refractivity contribution < 1.29 is 4.79 Å². The normalized spacial score (nSPS) is 19.0. The number of para-hydroxylation sites is 1. The topological polar surface area (TPSA) is 45.2 Å². The van der Waals surface area contributed by atoms with Crippen LogP contribution in [0.2, 0.25) is 0 Å². The van der Waals surface area contributed by atoms with E-state index in [1.165, 1.54) is 0 Å². The Morgan fingerprint density at radius 2 is 2.17 bits per heavy atom. The Bertz CT molecular complexity index is 718. The Morgan fingerprint density at radius 3 is 2.96 bits per heavy atom. The van der Waals surface area contributed by atoms with Gasteiger partial charge < -0.3 is 5.32 Å². The van der Waals surface area contributed by atoms with E-state index < -0.39 is 0 Å². The van der Waals surface area contributed by atoms with Gasteiger partial charge in [-0.05, 0) is 32.4 Å². The van der Waals surface area contributed by atoms with Crippen molar-refractivity contribution >= 4 is 22.9 Å². The van der Waals surface area contributed by atoms with Gasteiger partial charge in [0.05, 0.1) is 5.52 Å². The summed E-state index contributed by atoms with van der Waals surface area (Å²) in [5.74, 6) is -0.0338. The third-order valence-corrected chi connectivity index (χ3v) is 4.37. The number of benzene rings is 1. The lowest BCUT2D eigenvalue weighted by Gasteiger charge is -2.20. The summed E-state index contributed by atoms with van der Waals surface area (Å²) in [6.45, 7) is 6.38. The Balaban J connectivity index is 1.64. The van der Waals surface area contributed by atoms with Crippen LogP contribution < -0.4 is 5.32 Å². The molecule has 1 aliphatic rings. The minimum Gasteiger partial charge on any atom is -0.348 e. The Labute approximate surface area is 137 Å². The van der Waals surface area contributed by atoms with Crippen LogP contribution in [0.5, 0.6) is 0 Å². The smallest absolute Gasteiger partial charge is 0.244 e. The van der Waals surface area contributed by atoms with Gasteiger partial charge in [0, 0.05) is 48.4 Å². The molecule has 1 atom stereocenters. The summed E-state index contributed by atoms with van der Waals surface area (Å²) in [6, 6.07) is 10.7. The second-order valence-corrected chi connectivity index (χ2v) is 6.34. The van der Waals surface area contributed by atoms with Crippen molar-refractivity contribution in [1.29, 1.82) is 0 Å². The highest BCUT2D eigenvalue weighted by atomic mass is 16.1. The minimum absolute atomic E-state index is 0.0338. The summed E-state index contributed by atoms with van der Waals surface area (Å²) in [7, 11) is 0. The predicted molar refractivity (Wildman–Crippen MR) is 94.0 cm³/mol. The molecule has 1 N–H and O–H groups in total. The first kappa shape index (κ1) is 15.7. The molecule has 4 nitrogen and oxygen atoms in total. The van der Waals surface area contributed by atoms with Gasteiger partial charge in [-0.1, -0.05) is 24.3 Å². The molecule has 2 heterocycles. The lowest BCUT2D eigenvalue weighted by Crippen LogP contribution is -2.37. The highest BCUT2D eigenvalue weighted by Gasteiger charge is 2.24. The van der Waals surface area contributed by atoms with E-state index in [0.717, 1.165) is 36.0 Å². The van der Waals surface area contributed by atoms with E-state index in [0.29, 0.717) is 6.04 Å². The number of nitrogens with zero attached hydrogens (tertiary/aromatic N) is 2. The van der Waals surface area contributed by atoms with Crippen molar-refractivity contribution in [3.05, 3.63) is 48.2 Å². The molecular formula is C19H23N3O. The molecule has 1 aromatic heterocycles. The molecule has 0 aliphatic carbocycles. The molecule has 23 heavy (non-hydrogen) atoms. The number of rotatable bonds is 4. The van der Waals surface area contributed by atoms with E-state index in [1.54, 1.807) is 12.3 Å². The van der Waals surface area contributed by atoms with Crippen LogP contribution in [-0.2, 0) is 4.79 Å². The molecule has 1 amide bonds. The monoisotopic (exact) mass is 309 g/mol. The van der Waals surface area contributed by atoms with Crippen molar-refractivity contribution in [2.75, 3.05) is 13.1 Å². The third-order valence-electron chi connectivity index (χ3n) is 4.37. The molecule has 4 heteroatoms. The first-order valence-corrected chi connectivity index (χ1v) is 8.20. The molecule has 1 aliphatic heterocycles. The molecule has 1 fully saturated rings. The number of fused-ring (bicyclic) bond motifs is 1. The molecule has 0 spiro atoms. The SMILES string of the molecule is CC(C)N1CC[C@@H](NC(=O)/C=C/c2cccc3cccnc23)C1. The standard InChI is InChI=1S/C19H23N3O/c1-14(2)22-12-10-17(13-22)21-18(23)9-8-16-6-3-5-15-7-4-11-20-19(15)16/h3-9,11,14,17H,10,12-13H2,1-2H3,(H,21,23)/b9-8+/t17-/m1/s1. The first-order valence-electron chi connectivity index (χ1n) is 8.20. The lowest BCUT2D eigenvalue weighted by atomic mass is 10.1. The average Bonchev–Trinajstić information content (AvgIpc) is 3.01. The van der Waals surface area contributed by atoms with Crippen LogP contribution in [0.4, 0.5) is 0 Å². The zero-order valence-electron chi connectivity index (χ0n) is 13.7. The van der Waals surface area contributed by atoms with Gasteiger partial charge in [0.15, 0.2) is 0 Å². The van der Waals surface area contributed by atoms with E-state index in [9.17, 15) is 4.79 Å². The zero-order chi connectivity index (χ0) is 16.2. The van der Waals surface area contributed by atoms with Gasteiger partial charge in [0.2, 0.25) is 5.91 Å². The van der Waals surface area contributed by atoms with E-state index in [-0.39, 0.29) is 11.9 Å². The number of nitrogens with one attached hydrogen (secondary N) is 1. The summed E-state index contributed by atoms with van der Waals surface area (Å²) in [5, 5.41) is 4.18. The van der Waals surface area contributed by atoms with Crippen molar-refractivity contribution in [2.24, 2.45) is 0 Å². The molecule has 0 unspecified atom stereocenters. The summed E-state index contributed by atoms with van der Waals surface area (Å²) in [5.41, 5.74) is 1.89. The van der Waals surface area contributed by atoms with Gasteiger partial charge in [-0.15, -0.1) is 0 Å². The molecular weight excluding hydrogens is 286 g/mol. The quantitative estimate of drug-likeness (QED) is 0.883. The van der Waals surface area contributed by atoms with E-state index in [1.807, 2.05) is 36.4 Å². The minimum atomic E-state index is -0.0338. The van der Waals surface area contributed by atoms with Crippen LogP contribution in [0.3, 0.4) is 0 Å². The van der Waals surface area contributed by atoms with E-state index >= 15 is 0 Å². The fourth-order valence-corrected chi connectivity index (χ4v) is 3.05. The van der Waals surface area contributed by atoms with Gasteiger partial charge in [-0.3, -0.25) is 14.7 Å². The summed E-state index contributed by atoms with van der Waals surface area (Å²) < 4.78 is 0. The Kier molecular flexibility index (Phi) is 4.72. The van der Waals surface area contributed by atoms with E-state index in [2.05, 4.69) is 29.0 Å². The molecule has 3 rings (SSSR count). The fraction of sp³-hybridized carbons (Fsp3) is 0.368. The highest BCUT2D eigenvalue weighted by Crippen LogP contribution is 2.17. The van der Waals surface area contributed by atoms with Crippen molar-refractivity contribution in [2.45, 2.75) is 32.4 Å². The van der Waals surface area contributed by atoms with Gasteiger partial charge in [-0.25, -0.2) is 0 Å². The average molecular weight is 309 g/mol. The molecule has 0 saturated carbocycles. The molecule has 1 saturated heterocycles.